The SMILES string of the molecule is C[C@]1(N)COc2cc(-c3ccn4nc5c(c4c3)[C@@H]3C[C@H]5NC(=O)c4cccc(OC(F)F)c43)cnc21. The molecule has 10 heteroatoms. The average Bonchev–Trinajstić information content (AvgIpc) is 3.45. The Labute approximate surface area is 204 Å². The second-order valence-corrected chi connectivity index (χ2v) is 9.73. The number of halogens is 2. The van der Waals surface area contributed by atoms with Gasteiger partial charge in [-0.1, -0.05) is 6.07 Å². The smallest absolute Gasteiger partial charge is 0.387 e. The molecule has 7 rings (SSSR count). The van der Waals surface area contributed by atoms with Crippen molar-refractivity contribution >= 4 is 11.4 Å². The molecule has 0 unspecified atom stereocenters. The van der Waals surface area contributed by atoms with Crippen molar-refractivity contribution < 1.29 is 23.0 Å². The number of alkyl halides is 2. The minimum atomic E-state index is -3.00. The second-order valence-electron chi connectivity index (χ2n) is 9.73. The highest BCUT2D eigenvalue weighted by atomic mass is 19.3. The Morgan fingerprint density at radius 1 is 1.25 bits per heavy atom. The number of nitrogens with two attached hydrogens (primary N) is 1. The van der Waals surface area contributed by atoms with E-state index in [2.05, 4.69) is 10.3 Å². The maximum atomic E-state index is 13.2. The van der Waals surface area contributed by atoms with Gasteiger partial charge in [0.15, 0.2) is 0 Å². The van der Waals surface area contributed by atoms with Crippen molar-refractivity contribution in [2.45, 2.75) is 37.5 Å². The first-order chi connectivity index (χ1) is 17.3. The summed E-state index contributed by atoms with van der Waals surface area (Å²) in [4.78, 5) is 17.5. The number of hydrogen-bond acceptors (Lipinski definition) is 6. The van der Waals surface area contributed by atoms with Crippen LogP contribution >= 0.6 is 0 Å². The predicted molar refractivity (Wildman–Crippen MR) is 125 cm³/mol. The Balaban J connectivity index is 1.39. The predicted octanol–water partition coefficient (Wildman–Crippen LogP) is 3.88. The molecule has 1 aromatic carbocycles. The highest BCUT2D eigenvalue weighted by Gasteiger charge is 2.43. The summed E-state index contributed by atoms with van der Waals surface area (Å²) in [6.45, 7) is -0.749. The highest BCUT2D eigenvalue weighted by Crippen LogP contribution is 2.51. The summed E-state index contributed by atoms with van der Waals surface area (Å²) in [6, 6.07) is 10.2. The van der Waals surface area contributed by atoms with Crippen LogP contribution in [0.25, 0.3) is 16.6 Å². The Kier molecular flexibility index (Phi) is 4.27. The van der Waals surface area contributed by atoms with Gasteiger partial charge in [-0.2, -0.15) is 13.9 Å². The van der Waals surface area contributed by atoms with Crippen LogP contribution in [0.5, 0.6) is 11.5 Å². The first kappa shape index (κ1) is 21.3. The number of carbonyl (C=O) groups is 1. The van der Waals surface area contributed by atoms with Crippen LogP contribution in [0.2, 0.25) is 0 Å². The molecule has 3 N–H and O–H groups in total. The van der Waals surface area contributed by atoms with Gasteiger partial charge in [-0.25, -0.2) is 4.52 Å². The van der Waals surface area contributed by atoms with Gasteiger partial charge in [-0.3, -0.25) is 9.78 Å². The molecule has 3 aromatic heterocycles. The minimum absolute atomic E-state index is 0.0106. The zero-order chi connectivity index (χ0) is 24.8. The van der Waals surface area contributed by atoms with Crippen molar-refractivity contribution in [3.63, 3.8) is 0 Å². The standard InChI is InChI=1S/C26H21F2N5O3/c1-26(29)11-35-19-8-13(10-30-23(19)26)12-5-6-33-17(7-12)21-15-9-16(22(21)32-33)31-24(34)14-3-2-4-18(20(14)15)36-25(27)28/h2-8,10,15-16,25H,9,11,29H2,1H3,(H,31,34)/t15-,16-,26+/m1/s1. The van der Waals surface area contributed by atoms with E-state index in [0.29, 0.717) is 29.9 Å². The molecule has 182 valence electrons. The number of fused-ring (bicyclic) bond motifs is 10. The molecule has 1 aliphatic carbocycles. The summed E-state index contributed by atoms with van der Waals surface area (Å²) >= 11 is 0. The molecule has 0 saturated heterocycles. The number of nitrogens with zero attached hydrogens (tertiary/aromatic N) is 3. The zero-order valence-electron chi connectivity index (χ0n) is 19.2. The molecular formula is C26H21F2N5O3. The third-order valence-electron chi connectivity index (χ3n) is 7.29. The summed E-state index contributed by atoms with van der Waals surface area (Å²) < 4.78 is 38.9. The second kappa shape index (κ2) is 7.23. The summed E-state index contributed by atoms with van der Waals surface area (Å²) in [5, 5.41) is 7.75. The molecule has 3 aliphatic rings. The van der Waals surface area contributed by atoms with E-state index < -0.39 is 12.2 Å². The molecule has 0 spiro atoms. The molecule has 8 nitrogen and oxygen atoms in total. The number of hydrogen-bond donors (Lipinski definition) is 2. The van der Waals surface area contributed by atoms with E-state index in [4.69, 9.17) is 20.3 Å². The Bertz CT molecular complexity index is 1580. The van der Waals surface area contributed by atoms with Crippen molar-refractivity contribution in [3.05, 3.63) is 76.9 Å². The van der Waals surface area contributed by atoms with E-state index in [0.717, 1.165) is 33.6 Å². The number of carbonyl (C=O) groups excluding carboxylic acids is 1. The minimum Gasteiger partial charge on any atom is -0.489 e. The number of pyridine rings is 2. The number of amides is 1. The monoisotopic (exact) mass is 489 g/mol. The van der Waals surface area contributed by atoms with E-state index in [1.54, 1.807) is 22.8 Å². The molecule has 3 atom stereocenters. The van der Waals surface area contributed by atoms with Gasteiger partial charge in [0.25, 0.3) is 5.91 Å². The largest absolute Gasteiger partial charge is 0.489 e. The average molecular weight is 489 g/mol. The van der Waals surface area contributed by atoms with Crippen LogP contribution in [0, 0.1) is 0 Å². The molecule has 0 radical (unpaired) electrons. The zero-order valence-corrected chi connectivity index (χ0v) is 19.2. The number of nitrogens with one attached hydrogen (secondary N) is 1. The molecule has 4 aromatic rings. The van der Waals surface area contributed by atoms with Gasteiger partial charge in [-0.05, 0) is 49.2 Å². The molecule has 2 bridgehead atoms. The summed E-state index contributed by atoms with van der Waals surface area (Å²) in [7, 11) is 0. The van der Waals surface area contributed by atoms with E-state index in [9.17, 15) is 13.6 Å². The maximum absolute atomic E-state index is 13.2. The van der Waals surface area contributed by atoms with E-state index in [1.807, 2.05) is 31.3 Å². The third kappa shape index (κ3) is 2.97. The van der Waals surface area contributed by atoms with Crippen molar-refractivity contribution in [1.82, 2.24) is 19.9 Å². The molecular weight excluding hydrogens is 468 g/mol. The van der Waals surface area contributed by atoms with Crippen molar-refractivity contribution in [1.29, 1.82) is 0 Å². The number of benzene rings is 1. The fourth-order valence-corrected chi connectivity index (χ4v) is 5.70. The van der Waals surface area contributed by atoms with Crippen LogP contribution in [-0.2, 0) is 5.54 Å². The summed E-state index contributed by atoms with van der Waals surface area (Å²) in [5.41, 5.74) is 11.4. The van der Waals surface area contributed by atoms with Gasteiger partial charge in [0.1, 0.15) is 23.8 Å². The molecule has 0 fully saturated rings. The van der Waals surface area contributed by atoms with Gasteiger partial charge < -0.3 is 20.5 Å². The van der Waals surface area contributed by atoms with Gasteiger partial charge in [0.05, 0.1) is 22.8 Å². The number of rotatable bonds is 3. The Morgan fingerprint density at radius 3 is 2.94 bits per heavy atom. The van der Waals surface area contributed by atoms with Gasteiger partial charge >= 0.3 is 6.61 Å². The van der Waals surface area contributed by atoms with Gasteiger partial charge in [-0.15, -0.1) is 0 Å². The van der Waals surface area contributed by atoms with Crippen LogP contribution in [0.15, 0.2) is 48.8 Å². The van der Waals surface area contributed by atoms with Crippen LogP contribution in [-0.4, -0.2) is 33.7 Å². The Morgan fingerprint density at radius 2 is 2.11 bits per heavy atom. The number of aromatic nitrogens is 3. The lowest BCUT2D eigenvalue weighted by Crippen LogP contribution is -2.35. The van der Waals surface area contributed by atoms with Gasteiger partial charge in [0, 0.05) is 40.6 Å². The van der Waals surface area contributed by atoms with Crippen molar-refractivity contribution in [2.24, 2.45) is 5.73 Å². The topological polar surface area (TPSA) is 104 Å². The quantitative estimate of drug-likeness (QED) is 0.453. The molecule has 0 saturated carbocycles. The lowest BCUT2D eigenvalue weighted by Gasteiger charge is -2.19. The first-order valence-electron chi connectivity index (χ1n) is 11.6. The highest BCUT2D eigenvalue weighted by molar-refractivity contribution is 5.98. The lowest BCUT2D eigenvalue weighted by atomic mass is 9.88. The fraction of sp³-hybridized carbons (Fsp3) is 0.269. The maximum Gasteiger partial charge on any atom is 0.387 e. The fourth-order valence-electron chi connectivity index (χ4n) is 5.70. The summed E-state index contributed by atoms with van der Waals surface area (Å²) in [5.74, 6) is 0.0168. The lowest BCUT2D eigenvalue weighted by molar-refractivity contribution is -0.0505. The molecule has 5 heterocycles. The van der Waals surface area contributed by atoms with Crippen LogP contribution in [0.1, 0.15) is 58.2 Å². The normalized spacial score (nSPS) is 23.6. The number of ether oxygens (including phenoxy) is 2. The molecule has 1 amide bonds. The van der Waals surface area contributed by atoms with Crippen molar-refractivity contribution in [2.75, 3.05) is 6.61 Å². The van der Waals surface area contributed by atoms with Crippen LogP contribution in [0.3, 0.4) is 0 Å². The molecule has 36 heavy (non-hydrogen) atoms. The third-order valence-corrected chi connectivity index (χ3v) is 7.29. The van der Waals surface area contributed by atoms with Crippen molar-refractivity contribution in [3.8, 4) is 22.6 Å². The summed E-state index contributed by atoms with van der Waals surface area (Å²) in [6.07, 6.45) is 4.14. The van der Waals surface area contributed by atoms with E-state index in [1.165, 1.54) is 6.07 Å². The molecule has 2 aliphatic heterocycles. The van der Waals surface area contributed by atoms with Gasteiger partial charge in [0.2, 0.25) is 0 Å². The van der Waals surface area contributed by atoms with Crippen LogP contribution < -0.4 is 20.5 Å². The first-order valence-corrected chi connectivity index (χ1v) is 11.6. The van der Waals surface area contributed by atoms with E-state index in [-0.39, 0.29) is 23.6 Å². The Hall–Kier alpha value is -4.05. The van der Waals surface area contributed by atoms with E-state index >= 15 is 0 Å². The van der Waals surface area contributed by atoms with Crippen LogP contribution in [0.4, 0.5) is 8.78 Å².